The molecule has 0 radical (unpaired) electrons. The second-order valence-electron chi connectivity index (χ2n) is 13.5. The summed E-state index contributed by atoms with van der Waals surface area (Å²) in [5.41, 5.74) is 2.26. The van der Waals surface area contributed by atoms with Crippen molar-refractivity contribution in [2.75, 3.05) is 18.4 Å². The Balaban J connectivity index is 1.41. The largest absolute Gasteiger partial charge is 0.479 e. The zero-order chi connectivity index (χ0) is 35.6. The number of rotatable bonds is 9. The second-order valence-corrected chi connectivity index (χ2v) is 15.6. The third kappa shape index (κ3) is 7.62. The molecule has 0 spiro atoms. The topological polar surface area (TPSA) is 171 Å². The number of nitrogens with one attached hydrogen (secondary N) is 3. The number of carbonyl (C=O) groups is 4. The van der Waals surface area contributed by atoms with Gasteiger partial charge in [0.15, 0.2) is 6.04 Å². The summed E-state index contributed by atoms with van der Waals surface area (Å²) < 4.78 is 33.9. The Morgan fingerprint density at radius 1 is 0.980 bits per heavy atom. The Labute approximate surface area is 286 Å². The van der Waals surface area contributed by atoms with Crippen LogP contribution >= 0.6 is 0 Å². The Morgan fingerprint density at radius 2 is 1.65 bits per heavy atom. The molecule has 3 amide bonds. The van der Waals surface area contributed by atoms with E-state index in [0.717, 1.165) is 11.1 Å². The van der Waals surface area contributed by atoms with E-state index < -0.39 is 62.7 Å². The van der Waals surface area contributed by atoms with Crippen molar-refractivity contribution in [3.8, 4) is 0 Å². The minimum atomic E-state index is -4.68. The lowest BCUT2D eigenvalue weighted by molar-refractivity contribution is -0.161. The van der Waals surface area contributed by atoms with Gasteiger partial charge in [0.25, 0.3) is 0 Å². The van der Waals surface area contributed by atoms with Gasteiger partial charge in [-0.1, -0.05) is 54.1 Å². The summed E-state index contributed by atoms with van der Waals surface area (Å²) in [6.45, 7) is 7.86. The van der Waals surface area contributed by atoms with Gasteiger partial charge in [0, 0.05) is 18.7 Å². The van der Waals surface area contributed by atoms with E-state index in [4.69, 9.17) is 4.74 Å². The normalized spacial score (nSPS) is 18.9. The van der Waals surface area contributed by atoms with Crippen LogP contribution < -0.4 is 16.0 Å². The third-order valence-corrected chi connectivity index (χ3v) is 10.9. The number of ether oxygens (including phenoxy) is 1. The number of benzene rings is 3. The van der Waals surface area contributed by atoms with E-state index in [1.807, 2.05) is 12.1 Å². The fourth-order valence-corrected chi connectivity index (χ4v) is 7.87. The molecular formula is C36H42N4O8S. The fraction of sp³-hybridized carbons (Fsp3) is 0.389. The molecule has 5 rings (SSSR count). The Morgan fingerprint density at radius 3 is 2.27 bits per heavy atom. The van der Waals surface area contributed by atoms with Gasteiger partial charge >= 0.3 is 18.0 Å². The first-order chi connectivity index (χ1) is 23.1. The van der Waals surface area contributed by atoms with Crippen molar-refractivity contribution < 1.29 is 37.4 Å². The number of aryl methyl sites for hydroxylation is 1. The van der Waals surface area contributed by atoms with Crippen LogP contribution in [0.3, 0.4) is 0 Å². The van der Waals surface area contributed by atoms with Gasteiger partial charge in [-0.25, -0.2) is 22.8 Å². The molecule has 13 heteroatoms. The van der Waals surface area contributed by atoms with Crippen LogP contribution in [-0.2, 0) is 41.8 Å². The number of carboxylic acid groups (broad SMARTS) is 1. The lowest BCUT2D eigenvalue weighted by Crippen LogP contribution is -2.63. The number of aliphatic carboxylic acids is 1. The number of anilines is 1. The van der Waals surface area contributed by atoms with Gasteiger partial charge in [0.1, 0.15) is 5.60 Å². The molecular weight excluding hydrogens is 648 g/mol. The molecule has 0 aromatic heterocycles. The van der Waals surface area contributed by atoms with Crippen LogP contribution in [0, 0.1) is 6.92 Å². The highest BCUT2D eigenvalue weighted by Crippen LogP contribution is 2.33. The van der Waals surface area contributed by atoms with E-state index in [9.17, 15) is 32.7 Å². The number of esters is 1. The van der Waals surface area contributed by atoms with Gasteiger partial charge in [-0.15, -0.1) is 0 Å². The quantitative estimate of drug-likeness (QED) is 0.241. The van der Waals surface area contributed by atoms with E-state index in [-0.39, 0.29) is 17.0 Å². The first-order valence-electron chi connectivity index (χ1n) is 16.2. The number of carbonyl (C=O) groups excluding carboxylic acids is 3. The molecule has 2 heterocycles. The monoisotopic (exact) mass is 690 g/mol. The van der Waals surface area contributed by atoms with Crippen molar-refractivity contribution in [2.45, 2.75) is 80.8 Å². The Hall–Kier alpha value is -4.75. The van der Waals surface area contributed by atoms with Gasteiger partial charge < -0.3 is 30.7 Å². The molecule has 3 aromatic carbocycles. The minimum Gasteiger partial charge on any atom is -0.479 e. The van der Waals surface area contributed by atoms with Crippen molar-refractivity contribution in [3.63, 3.8) is 0 Å². The first-order valence-corrected chi connectivity index (χ1v) is 17.7. The Kier molecular flexibility index (Phi) is 10.2. The third-order valence-electron chi connectivity index (χ3n) is 8.67. The van der Waals surface area contributed by atoms with Crippen LogP contribution in [-0.4, -0.2) is 71.9 Å². The number of urea groups is 1. The molecule has 4 N–H and O–H groups in total. The standard InChI is InChI=1S/C36H42N4O8S/c1-23-11-17-27(18-12-23)49(46,47)36(33(43)44,39-31(41)29-10-7-20-37-29)22-24-13-15-26(16-14-24)38-34(45)40-21-19-25-8-5-6-9-28(25)30(40)32(42)48-35(2,3)4/h5-6,8-9,11-18,29-30,37H,7,10,19-22H2,1-4H3,(H,38,45)(H,39,41)(H,43,44)/t29-,30?,36+/m0/s1. The summed E-state index contributed by atoms with van der Waals surface area (Å²) >= 11 is 0. The summed E-state index contributed by atoms with van der Waals surface area (Å²) in [5.74, 6) is -3.00. The van der Waals surface area contributed by atoms with Crippen molar-refractivity contribution in [1.29, 1.82) is 0 Å². The van der Waals surface area contributed by atoms with Gasteiger partial charge in [-0.3, -0.25) is 4.79 Å². The zero-order valence-corrected chi connectivity index (χ0v) is 28.8. The smallest absolute Gasteiger partial charge is 0.346 e. The molecule has 3 aromatic rings. The molecule has 3 atom stereocenters. The van der Waals surface area contributed by atoms with E-state index in [2.05, 4.69) is 16.0 Å². The molecule has 12 nitrogen and oxygen atoms in total. The lowest BCUT2D eigenvalue weighted by Gasteiger charge is -2.37. The van der Waals surface area contributed by atoms with Crippen LogP contribution in [0.25, 0.3) is 0 Å². The Bertz CT molecular complexity index is 1830. The number of amides is 3. The minimum absolute atomic E-state index is 0.244. The van der Waals surface area contributed by atoms with Crippen LogP contribution in [0.4, 0.5) is 10.5 Å². The van der Waals surface area contributed by atoms with E-state index in [0.29, 0.717) is 37.1 Å². The second kappa shape index (κ2) is 14.0. The average molecular weight is 691 g/mol. The molecule has 260 valence electrons. The summed E-state index contributed by atoms with van der Waals surface area (Å²) in [6.07, 6.45) is 1.09. The summed E-state index contributed by atoms with van der Waals surface area (Å²) in [6, 6.07) is 17.0. The van der Waals surface area contributed by atoms with E-state index in [1.165, 1.54) is 41.3 Å². The number of hydrogen-bond acceptors (Lipinski definition) is 8. The number of fused-ring (bicyclic) bond motifs is 1. The molecule has 0 bridgehead atoms. The van der Waals surface area contributed by atoms with Crippen molar-refractivity contribution in [2.24, 2.45) is 0 Å². The van der Waals surface area contributed by atoms with Crippen LogP contribution in [0.2, 0.25) is 0 Å². The van der Waals surface area contributed by atoms with Crippen LogP contribution in [0.5, 0.6) is 0 Å². The van der Waals surface area contributed by atoms with Crippen LogP contribution in [0.15, 0.2) is 77.7 Å². The highest BCUT2D eigenvalue weighted by molar-refractivity contribution is 7.93. The first kappa shape index (κ1) is 35.6. The molecule has 1 unspecified atom stereocenters. The molecule has 1 fully saturated rings. The molecule has 1 saturated heterocycles. The van der Waals surface area contributed by atoms with E-state index in [1.54, 1.807) is 52.0 Å². The lowest BCUT2D eigenvalue weighted by atomic mass is 9.92. The highest BCUT2D eigenvalue weighted by Gasteiger charge is 2.54. The maximum Gasteiger partial charge on any atom is 0.346 e. The summed E-state index contributed by atoms with van der Waals surface area (Å²) in [7, 11) is -4.68. The molecule has 2 aliphatic heterocycles. The average Bonchev–Trinajstić information content (AvgIpc) is 3.59. The number of nitrogens with zero attached hydrogens (tertiary/aromatic N) is 1. The van der Waals surface area contributed by atoms with Gasteiger partial charge in [0.05, 0.1) is 10.9 Å². The molecule has 0 aliphatic carbocycles. The maximum atomic E-state index is 14.1. The fourth-order valence-electron chi connectivity index (χ4n) is 6.15. The van der Waals surface area contributed by atoms with Gasteiger partial charge in [-0.05, 0) is 94.5 Å². The number of carboxylic acids is 1. The highest BCUT2D eigenvalue weighted by atomic mass is 32.2. The zero-order valence-electron chi connectivity index (χ0n) is 28.0. The van der Waals surface area contributed by atoms with Crippen LogP contribution in [0.1, 0.15) is 61.9 Å². The van der Waals surface area contributed by atoms with Gasteiger partial charge in [0.2, 0.25) is 20.6 Å². The predicted octanol–water partition coefficient (Wildman–Crippen LogP) is 4.13. The van der Waals surface area contributed by atoms with Crippen molar-refractivity contribution >= 4 is 39.4 Å². The molecule has 0 saturated carbocycles. The van der Waals surface area contributed by atoms with E-state index >= 15 is 0 Å². The molecule has 2 aliphatic rings. The maximum absolute atomic E-state index is 14.1. The van der Waals surface area contributed by atoms with Gasteiger partial charge in [-0.2, -0.15) is 0 Å². The van der Waals surface area contributed by atoms with Crippen molar-refractivity contribution in [3.05, 3.63) is 95.1 Å². The SMILES string of the molecule is Cc1ccc(S(=O)(=O)[C@@](Cc2ccc(NC(=O)N3CCc4ccccc4C3C(=O)OC(C)(C)C)cc2)(NC(=O)[C@@H]2CCCN2)C(=O)O)cc1. The summed E-state index contributed by atoms with van der Waals surface area (Å²) in [5, 5.41) is 18.7. The number of sulfone groups is 1. The predicted molar refractivity (Wildman–Crippen MR) is 183 cm³/mol. The summed E-state index contributed by atoms with van der Waals surface area (Å²) in [4.78, 5) is 51.7. The molecule has 49 heavy (non-hydrogen) atoms. The van der Waals surface area contributed by atoms with Crippen molar-refractivity contribution in [1.82, 2.24) is 15.5 Å². The number of hydrogen-bond donors (Lipinski definition) is 4.